The number of benzene rings is 1. The molecule has 0 fully saturated rings. The molecule has 2 rings (SSSR count). The maximum absolute atomic E-state index is 4.68. The van der Waals surface area contributed by atoms with Crippen LogP contribution in [0.1, 0.15) is 12.6 Å². The molecule has 90 valence electrons. The Morgan fingerprint density at radius 2 is 1.94 bits per heavy atom. The molecule has 0 atom stereocenters. The van der Waals surface area contributed by atoms with Gasteiger partial charge in [-0.25, -0.2) is 4.98 Å². The summed E-state index contributed by atoms with van der Waals surface area (Å²) in [6.07, 6.45) is 3.83. The molecule has 0 spiro atoms. The minimum atomic E-state index is 0.931. The summed E-state index contributed by atoms with van der Waals surface area (Å²) in [6, 6.07) is 14.2. The maximum atomic E-state index is 4.68. The molecule has 0 saturated heterocycles. The second kappa shape index (κ2) is 5.78. The summed E-state index contributed by atoms with van der Waals surface area (Å²) in [5.41, 5.74) is 4.04. The first-order valence-electron chi connectivity index (χ1n) is 5.76. The van der Waals surface area contributed by atoms with Crippen LogP contribution in [0.15, 0.2) is 65.7 Å². The predicted molar refractivity (Wildman–Crippen MR) is 81.2 cm³/mol. The minimum Gasteiger partial charge on any atom is -0.248 e. The van der Waals surface area contributed by atoms with Crippen molar-refractivity contribution in [2.45, 2.75) is 6.92 Å². The highest BCUT2D eigenvalue weighted by Gasteiger charge is 2.05. The molecular formula is C16H14BrN. The highest BCUT2D eigenvalue weighted by Crippen LogP contribution is 2.25. The molecule has 0 radical (unpaired) electrons. The van der Waals surface area contributed by atoms with Crippen LogP contribution < -0.4 is 0 Å². The fraction of sp³-hybridized carbons (Fsp3) is 0.0625. The summed E-state index contributed by atoms with van der Waals surface area (Å²) >= 11 is 3.54. The van der Waals surface area contributed by atoms with Gasteiger partial charge in [0.2, 0.25) is 0 Å². The van der Waals surface area contributed by atoms with Crippen molar-refractivity contribution in [2.75, 3.05) is 0 Å². The molecule has 0 amide bonds. The van der Waals surface area contributed by atoms with E-state index in [-0.39, 0.29) is 0 Å². The first kappa shape index (κ1) is 12.8. The molecule has 1 aromatic carbocycles. The molecule has 0 aliphatic carbocycles. The molecule has 0 unspecified atom stereocenters. The van der Waals surface area contributed by atoms with Crippen LogP contribution in [0.25, 0.3) is 16.8 Å². The molecule has 0 bridgehead atoms. The van der Waals surface area contributed by atoms with E-state index in [0.717, 1.165) is 27.0 Å². The predicted octanol–water partition coefficient (Wildman–Crippen LogP) is 5.10. The van der Waals surface area contributed by atoms with E-state index in [1.807, 2.05) is 49.4 Å². The van der Waals surface area contributed by atoms with Gasteiger partial charge in [-0.2, -0.15) is 0 Å². The van der Waals surface area contributed by atoms with E-state index in [4.69, 9.17) is 0 Å². The van der Waals surface area contributed by atoms with Crippen molar-refractivity contribution in [1.82, 2.24) is 4.98 Å². The Kier molecular flexibility index (Phi) is 4.11. The molecule has 0 aliphatic heterocycles. The van der Waals surface area contributed by atoms with E-state index in [2.05, 4.69) is 39.6 Å². The molecule has 1 aromatic heterocycles. The van der Waals surface area contributed by atoms with Gasteiger partial charge in [-0.3, -0.25) is 0 Å². The smallest absolute Gasteiger partial charge is 0.0720 e. The fourth-order valence-corrected chi connectivity index (χ4v) is 2.21. The molecule has 1 nitrogen and oxygen atoms in total. The quantitative estimate of drug-likeness (QED) is 0.719. The topological polar surface area (TPSA) is 12.9 Å². The van der Waals surface area contributed by atoms with E-state index in [1.165, 1.54) is 0 Å². The van der Waals surface area contributed by atoms with Crippen LogP contribution in [0.4, 0.5) is 0 Å². The lowest BCUT2D eigenvalue weighted by Crippen LogP contribution is -1.91. The monoisotopic (exact) mass is 299 g/mol. The van der Waals surface area contributed by atoms with Gasteiger partial charge in [0, 0.05) is 10.0 Å². The third kappa shape index (κ3) is 2.77. The van der Waals surface area contributed by atoms with Gasteiger partial charge in [-0.1, -0.05) is 65.0 Å². The van der Waals surface area contributed by atoms with Gasteiger partial charge in [0.15, 0.2) is 0 Å². The molecule has 0 N–H and O–H groups in total. The lowest BCUT2D eigenvalue weighted by molar-refractivity contribution is 1.27. The molecule has 1 heterocycles. The number of aromatic nitrogens is 1. The van der Waals surface area contributed by atoms with Gasteiger partial charge in [0.05, 0.1) is 11.4 Å². The van der Waals surface area contributed by atoms with Crippen LogP contribution in [-0.4, -0.2) is 4.98 Å². The fourth-order valence-electron chi connectivity index (χ4n) is 1.77. The van der Waals surface area contributed by atoms with E-state index in [9.17, 15) is 0 Å². The van der Waals surface area contributed by atoms with Gasteiger partial charge in [-0.05, 0) is 24.6 Å². The van der Waals surface area contributed by atoms with Gasteiger partial charge in [0.25, 0.3) is 0 Å². The van der Waals surface area contributed by atoms with E-state index >= 15 is 0 Å². The van der Waals surface area contributed by atoms with Crippen molar-refractivity contribution in [3.05, 3.63) is 71.4 Å². The largest absolute Gasteiger partial charge is 0.248 e. The van der Waals surface area contributed by atoms with Gasteiger partial charge in [-0.15, -0.1) is 0 Å². The zero-order chi connectivity index (χ0) is 13.0. The summed E-state index contributed by atoms with van der Waals surface area (Å²) < 4.78 is 1.02. The lowest BCUT2D eigenvalue weighted by Gasteiger charge is -2.07. The first-order chi connectivity index (χ1) is 8.74. The van der Waals surface area contributed by atoms with Crippen LogP contribution in [0.3, 0.4) is 0 Å². The van der Waals surface area contributed by atoms with Gasteiger partial charge >= 0.3 is 0 Å². The zero-order valence-electron chi connectivity index (χ0n) is 10.2. The molecule has 0 saturated carbocycles. The second-order valence-corrected chi connectivity index (χ2v) is 4.79. The Morgan fingerprint density at radius 1 is 1.22 bits per heavy atom. The SMILES string of the molecule is C=C/C(=C\C)c1cc(Br)cc(-c2ccccc2)n1. The highest BCUT2D eigenvalue weighted by atomic mass is 79.9. The number of halogens is 1. The first-order valence-corrected chi connectivity index (χ1v) is 6.56. The number of allylic oxidation sites excluding steroid dienone is 3. The number of hydrogen-bond donors (Lipinski definition) is 0. The van der Waals surface area contributed by atoms with Gasteiger partial charge in [0.1, 0.15) is 0 Å². The number of nitrogens with zero attached hydrogens (tertiary/aromatic N) is 1. The summed E-state index contributed by atoms with van der Waals surface area (Å²) in [7, 11) is 0. The summed E-state index contributed by atoms with van der Waals surface area (Å²) in [5.74, 6) is 0. The van der Waals surface area contributed by atoms with Crippen LogP contribution in [-0.2, 0) is 0 Å². The Hall–Kier alpha value is -1.67. The number of rotatable bonds is 3. The normalized spacial score (nSPS) is 11.3. The molecule has 18 heavy (non-hydrogen) atoms. The molecule has 0 aliphatic rings. The standard InChI is InChI=1S/C16H14BrN/c1-3-12(4-2)15-10-14(17)11-16(18-15)13-8-6-5-7-9-13/h3-11H,1H2,2H3/b12-4+. The maximum Gasteiger partial charge on any atom is 0.0720 e. The van der Waals surface area contributed by atoms with Crippen LogP contribution >= 0.6 is 15.9 Å². The van der Waals surface area contributed by atoms with Crippen LogP contribution in [0.5, 0.6) is 0 Å². The third-order valence-corrected chi connectivity index (χ3v) is 3.14. The van der Waals surface area contributed by atoms with Crippen molar-refractivity contribution in [3.63, 3.8) is 0 Å². The van der Waals surface area contributed by atoms with E-state index in [1.54, 1.807) is 0 Å². The lowest BCUT2D eigenvalue weighted by atomic mass is 10.1. The summed E-state index contributed by atoms with van der Waals surface area (Å²) in [4.78, 5) is 4.68. The van der Waals surface area contributed by atoms with Crippen molar-refractivity contribution in [3.8, 4) is 11.3 Å². The van der Waals surface area contributed by atoms with Crippen LogP contribution in [0, 0.1) is 0 Å². The van der Waals surface area contributed by atoms with Crippen molar-refractivity contribution >= 4 is 21.5 Å². The van der Waals surface area contributed by atoms with Crippen molar-refractivity contribution in [1.29, 1.82) is 0 Å². The zero-order valence-corrected chi connectivity index (χ0v) is 11.8. The Labute approximate surface area is 116 Å². The van der Waals surface area contributed by atoms with E-state index in [0.29, 0.717) is 0 Å². The Balaban J connectivity index is 2.54. The summed E-state index contributed by atoms with van der Waals surface area (Å²) in [6.45, 7) is 5.80. The Bertz CT molecular complexity index is 585. The van der Waals surface area contributed by atoms with Crippen LogP contribution in [0.2, 0.25) is 0 Å². The molecular weight excluding hydrogens is 286 g/mol. The minimum absolute atomic E-state index is 0.931. The average molecular weight is 300 g/mol. The molecule has 2 heteroatoms. The highest BCUT2D eigenvalue weighted by molar-refractivity contribution is 9.10. The third-order valence-electron chi connectivity index (χ3n) is 2.69. The van der Waals surface area contributed by atoms with Crippen molar-refractivity contribution < 1.29 is 0 Å². The summed E-state index contributed by atoms with van der Waals surface area (Å²) in [5, 5.41) is 0. The Morgan fingerprint density at radius 3 is 2.56 bits per heavy atom. The van der Waals surface area contributed by atoms with E-state index < -0.39 is 0 Å². The average Bonchev–Trinajstić information content (AvgIpc) is 2.40. The number of pyridine rings is 1. The molecule has 2 aromatic rings. The van der Waals surface area contributed by atoms with Crippen molar-refractivity contribution in [2.24, 2.45) is 0 Å². The van der Waals surface area contributed by atoms with Gasteiger partial charge < -0.3 is 0 Å². The second-order valence-electron chi connectivity index (χ2n) is 3.87. The number of hydrogen-bond acceptors (Lipinski definition) is 1.